The molecular weight excluding hydrogens is 472 g/mol. The number of unbranched alkanes of at least 4 members (excludes halogenated alkanes) is 1. The normalized spacial score (nSPS) is 11.8. The van der Waals surface area contributed by atoms with Gasteiger partial charge in [-0.15, -0.1) is 0 Å². The van der Waals surface area contributed by atoms with Crippen LogP contribution in [0, 0.1) is 11.6 Å². The minimum atomic E-state index is -0.780. The van der Waals surface area contributed by atoms with E-state index in [2.05, 4.69) is 17.6 Å². The van der Waals surface area contributed by atoms with Gasteiger partial charge in [-0.2, -0.15) is 0 Å². The molecule has 1 aromatic rings. The van der Waals surface area contributed by atoms with Crippen molar-refractivity contribution in [1.82, 2.24) is 10.6 Å². The molecule has 0 atom stereocenters. The van der Waals surface area contributed by atoms with E-state index >= 15 is 0 Å². The van der Waals surface area contributed by atoms with E-state index < -0.39 is 17.3 Å². The summed E-state index contributed by atoms with van der Waals surface area (Å²) in [5, 5.41) is 5.99. The standard InChI is InChI=1S/C26H41F2N3O5.2H2/c1-3-5-6-25(32)31-10-12-34-14-16-36-18-17-35-15-13-33-11-9-30-22(4-2)8-7-21-19-23(27)26(29)24(28)20-21;;/h4,7-8,19-20,30H,3,5-6,9-18,29H2,1-2H3,(H,31,32);2*1H/b8-7+,22-4+;;. The molecule has 0 heterocycles. The number of benzene rings is 1. The highest BCUT2D eigenvalue weighted by Crippen LogP contribution is 2.18. The van der Waals surface area contributed by atoms with E-state index in [1.165, 1.54) is 12.1 Å². The molecule has 0 unspecified atom stereocenters. The molecule has 0 radical (unpaired) electrons. The second-order valence-corrected chi connectivity index (χ2v) is 7.81. The van der Waals surface area contributed by atoms with Gasteiger partial charge in [-0.3, -0.25) is 4.79 Å². The van der Waals surface area contributed by atoms with Crippen molar-refractivity contribution in [3.05, 3.63) is 47.2 Å². The van der Waals surface area contributed by atoms with E-state index in [9.17, 15) is 13.6 Å². The van der Waals surface area contributed by atoms with Crippen molar-refractivity contribution in [3.63, 3.8) is 0 Å². The Labute approximate surface area is 216 Å². The summed E-state index contributed by atoms with van der Waals surface area (Å²) in [6.07, 6.45) is 7.66. The summed E-state index contributed by atoms with van der Waals surface area (Å²) in [5.41, 5.74) is 5.98. The van der Waals surface area contributed by atoms with Crippen LogP contribution in [0.1, 0.15) is 41.5 Å². The predicted octanol–water partition coefficient (Wildman–Crippen LogP) is 3.92. The lowest BCUT2D eigenvalue weighted by Crippen LogP contribution is -2.27. The van der Waals surface area contributed by atoms with Gasteiger partial charge in [-0.05, 0) is 37.1 Å². The molecule has 4 N–H and O–H groups in total. The number of rotatable bonds is 21. The largest absolute Gasteiger partial charge is 0.394 e. The van der Waals surface area contributed by atoms with Gasteiger partial charge in [-0.25, -0.2) is 8.78 Å². The average Bonchev–Trinajstić information content (AvgIpc) is 2.87. The number of halogens is 2. The second kappa shape index (κ2) is 20.6. The number of hydrogen-bond acceptors (Lipinski definition) is 7. The number of ether oxygens (including phenoxy) is 4. The smallest absolute Gasteiger partial charge is 0.220 e. The lowest BCUT2D eigenvalue weighted by atomic mass is 10.1. The topological polar surface area (TPSA) is 104 Å². The maximum absolute atomic E-state index is 13.5. The van der Waals surface area contributed by atoms with Crippen LogP contribution < -0.4 is 16.4 Å². The molecule has 1 amide bonds. The Morgan fingerprint density at radius 1 is 0.917 bits per heavy atom. The predicted molar refractivity (Wildman–Crippen MR) is 142 cm³/mol. The molecule has 8 nitrogen and oxygen atoms in total. The maximum Gasteiger partial charge on any atom is 0.220 e. The fourth-order valence-corrected chi connectivity index (χ4v) is 2.86. The van der Waals surface area contributed by atoms with Gasteiger partial charge < -0.3 is 35.3 Å². The number of anilines is 1. The lowest BCUT2D eigenvalue weighted by Gasteiger charge is -2.09. The van der Waals surface area contributed by atoms with E-state index in [0.717, 1.165) is 18.5 Å². The zero-order chi connectivity index (χ0) is 26.4. The number of allylic oxidation sites excluding steroid dienone is 2. The van der Waals surface area contributed by atoms with E-state index in [-0.39, 0.29) is 8.76 Å². The number of nitrogens with one attached hydrogen (secondary N) is 2. The number of amides is 1. The van der Waals surface area contributed by atoms with E-state index in [1.54, 1.807) is 12.2 Å². The summed E-state index contributed by atoms with van der Waals surface area (Å²) in [5.74, 6) is -1.49. The zero-order valence-corrected chi connectivity index (χ0v) is 21.5. The first-order valence-corrected chi connectivity index (χ1v) is 12.4. The SMILES string of the molecule is C/C=C(\C=C\c1cc(F)c(N)c(F)c1)NCCOCCOCCOCCOCCNC(=O)CCCC.[HH].[HH]. The third-order valence-electron chi connectivity index (χ3n) is 4.89. The first-order valence-electron chi connectivity index (χ1n) is 12.4. The Morgan fingerprint density at radius 2 is 1.42 bits per heavy atom. The van der Waals surface area contributed by atoms with Crippen LogP contribution in [0.25, 0.3) is 6.08 Å². The van der Waals surface area contributed by atoms with Gasteiger partial charge >= 0.3 is 0 Å². The van der Waals surface area contributed by atoms with Crippen LogP contribution in [0.3, 0.4) is 0 Å². The number of nitrogens with two attached hydrogens (primary N) is 1. The molecule has 10 heteroatoms. The van der Waals surface area contributed by atoms with Crippen LogP contribution in [0.2, 0.25) is 0 Å². The van der Waals surface area contributed by atoms with Gasteiger partial charge in [0.2, 0.25) is 5.91 Å². The maximum atomic E-state index is 13.5. The molecule has 1 rings (SSSR count). The molecular formula is C26H45F2N3O5. The number of carbonyl (C=O) groups excluding carboxylic acids is 1. The molecule has 208 valence electrons. The third kappa shape index (κ3) is 15.5. The third-order valence-corrected chi connectivity index (χ3v) is 4.89. The van der Waals surface area contributed by atoms with Crippen LogP contribution in [-0.4, -0.2) is 71.9 Å². The van der Waals surface area contributed by atoms with Crippen molar-refractivity contribution in [2.75, 3.05) is 71.7 Å². The Morgan fingerprint density at radius 3 is 1.92 bits per heavy atom. The highest BCUT2D eigenvalue weighted by Gasteiger charge is 2.06. The van der Waals surface area contributed by atoms with Crippen LogP contribution in [0.4, 0.5) is 14.5 Å². The molecule has 0 saturated carbocycles. The van der Waals surface area contributed by atoms with Crippen molar-refractivity contribution in [3.8, 4) is 0 Å². The van der Waals surface area contributed by atoms with E-state index in [0.29, 0.717) is 77.9 Å². The summed E-state index contributed by atoms with van der Waals surface area (Å²) in [6, 6.07) is 2.37. The summed E-state index contributed by atoms with van der Waals surface area (Å²) in [4.78, 5) is 11.4. The highest BCUT2D eigenvalue weighted by atomic mass is 19.1. The van der Waals surface area contributed by atoms with Gasteiger partial charge in [0.15, 0.2) is 0 Å². The Hall–Kier alpha value is -2.53. The minimum absolute atomic E-state index is 0. The lowest BCUT2D eigenvalue weighted by molar-refractivity contribution is -0.121. The first kappa shape index (κ1) is 31.5. The van der Waals surface area contributed by atoms with Crippen molar-refractivity contribution >= 4 is 17.7 Å². The van der Waals surface area contributed by atoms with Crippen molar-refractivity contribution in [2.24, 2.45) is 0 Å². The van der Waals surface area contributed by atoms with Crippen molar-refractivity contribution < 1.29 is 35.4 Å². The van der Waals surface area contributed by atoms with Gasteiger partial charge in [-0.1, -0.05) is 25.5 Å². The van der Waals surface area contributed by atoms with Crippen molar-refractivity contribution in [1.29, 1.82) is 0 Å². The van der Waals surface area contributed by atoms with Crippen LogP contribution in [-0.2, 0) is 23.7 Å². The number of hydrogen-bond donors (Lipinski definition) is 3. The zero-order valence-electron chi connectivity index (χ0n) is 21.5. The second-order valence-electron chi connectivity index (χ2n) is 7.81. The van der Waals surface area contributed by atoms with Gasteiger partial charge in [0, 0.05) is 28.1 Å². The fourth-order valence-electron chi connectivity index (χ4n) is 2.86. The molecule has 36 heavy (non-hydrogen) atoms. The van der Waals surface area contributed by atoms with Crippen LogP contribution in [0.15, 0.2) is 30.0 Å². The minimum Gasteiger partial charge on any atom is -0.394 e. The molecule has 1 aromatic carbocycles. The molecule has 0 fully saturated rings. The van der Waals surface area contributed by atoms with Crippen molar-refractivity contribution in [2.45, 2.75) is 33.1 Å². The number of carbonyl (C=O) groups is 1. The van der Waals surface area contributed by atoms with Gasteiger partial charge in [0.25, 0.3) is 0 Å². The Bertz CT molecular complexity index is 794. The van der Waals surface area contributed by atoms with Gasteiger partial charge in [0.05, 0.1) is 52.9 Å². The molecule has 0 aliphatic rings. The molecule has 0 spiro atoms. The summed E-state index contributed by atoms with van der Waals surface area (Å²) in [6.45, 7) is 8.74. The molecule has 0 aromatic heterocycles. The van der Waals surface area contributed by atoms with Crippen LogP contribution in [0.5, 0.6) is 0 Å². The quantitative estimate of drug-likeness (QED) is 0.129. The summed E-state index contributed by atoms with van der Waals surface area (Å²) >= 11 is 0. The van der Waals surface area contributed by atoms with E-state index in [4.69, 9.17) is 24.7 Å². The fraction of sp³-hybridized carbons (Fsp3) is 0.577. The molecule has 0 saturated heterocycles. The Balaban J connectivity index is 0. The van der Waals surface area contributed by atoms with Gasteiger partial charge in [0.1, 0.15) is 17.3 Å². The molecule has 0 aliphatic carbocycles. The summed E-state index contributed by atoms with van der Waals surface area (Å²) in [7, 11) is 0. The average molecular weight is 518 g/mol. The first-order chi connectivity index (χ1) is 17.5. The van der Waals surface area contributed by atoms with E-state index in [1.807, 2.05) is 13.0 Å². The highest BCUT2D eigenvalue weighted by molar-refractivity contribution is 5.75. The monoisotopic (exact) mass is 517 g/mol. The van der Waals surface area contributed by atoms with Crippen LogP contribution >= 0.6 is 0 Å². The molecule has 0 aliphatic heterocycles. The molecule has 0 bridgehead atoms. The summed E-state index contributed by atoms with van der Waals surface area (Å²) < 4.78 is 48.8. The Kier molecular flexibility index (Phi) is 18.1. The number of nitrogen functional groups attached to an aromatic ring is 1.